The highest BCUT2D eigenvalue weighted by atomic mass is 32.2. The van der Waals surface area contributed by atoms with Crippen molar-refractivity contribution in [2.75, 3.05) is 24.2 Å². The van der Waals surface area contributed by atoms with E-state index in [4.69, 9.17) is 4.74 Å². The van der Waals surface area contributed by atoms with Gasteiger partial charge in [0, 0.05) is 33.1 Å². The molecular formula is C23H29N3O5S. The SMILES string of the molecule is C[C@@H](Oc1ccc(N(C)S(C)(=O)=O)cc1)C(=O)NCc1ccccc1CN1CCCC1=O. The van der Waals surface area contributed by atoms with Crippen LogP contribution in [-0.4, -0.2) is 51.1 Å². The van der Waals surface area contributed by atoms with Gasteiger partial charge in [0.05, 0.1) is 11.9 Å². The van der Waals surface area contributed by atoms with Crippen LogP contribution in [0.25, 0.3) is 0 Å². The van der Waals surface area contributed by atoms with Crippen molar-refractivity contribution >= 4 is 27.5 Å². The minimum absolute atomic E-state index is 0.166. The van der Waals surface area contributed by atoms with Crippen LogP contribution in [0.2, 0.25) is 0 Å². The monoisotopic (exact) mass is 459 g/mol. The molecule has 2 amide bonds. The van der Waals surface area contributed by atoms with Crippen LogP contribution in [0.15, 0.2) is 48.5 Å². The topological polar surface area (TPSA) is 96.0 Å². The highest BCUT2D eigenvalue weighted by molar-refractivity contribution is 7.92. The maximum absolute atomic E-state index is 12.5. The molecule has 8 nitrogen and oxygen atoms in total. The van der Waals surface area contributed by atoms with Crippen LogP contribution in [-0.2, 0) is 32.7 Å². The molecule has 1 atom stereocenters. The number of hydrogen-bond donors (Lipinski definition) is 1. The van der Waals surface area contributed by atoms with Gasteiger partial charge < -0.3 is 15.0 Å². The summed E-state index contributed by atoms with van der Waals surface area (Å²) in [5.41, 5.74) is 2.48. The second kappa shape index (κ2) is 10.0. The van der Waals surface area contributed by atoms with Crippen LogP contribution >= 0.6 is 0 Å². The largest absolute Gasteiger partial charge is 0.481 e. The fourth-order valence-electron chi connectivity index (χ4n) is 3.47. The second-order valence-corrected chi connectivity index (χ2v) is 9.90. The summed E-state index contributed by atoms with van der Waals surface area (Å²) in [6.07, 6.45) is 1.88. The fourth-order valence-corrected chi connectivity index (χ4v) is 3.98. The lowest BCUT2D eigenvalue weighted by molar-refractivity contribution is -0.128. The standard InChI is InChI=1S/C23H29N3O5S/c1-17(31-21-12-10-20(11-13-21)25(2)32(3,29)30)23(28)24-15-18-7-4-5-8-19(18)16-26-14-6-9-22(26)27/h4-5,7-8,10-13,17H,6,9,14-16H2,1-3H3,(H,24,28)/t17-/m1/s1. The van der Waals surface area contributed by atoms with Gasteiger partial charge in [-0.1, -0.05) is 24.3 Å². The molecule has 1 aliphatic heterocycles. The molecule has 0 unspecified atom stereocenters. The smallest absolute Gasteiger partial charge is 0.261 e. The molecule has 2 aromatic carbocycles. The summed E-state index contributed by atoms with van der Waals surface area (Å²) in [4.78, 5) is 26.3. The number of sulfonamides is 1. The van der Waals surface area contributed by atoms with E-state index < -0.39 is 16.1 Å². The van der Waals surface area contributed by atoms with Crippen molar-refractivity contribution in [3.05, 3.63) is 59.7 Å². The predicted octanol–water partition coefficient (Wildman–Crippen LogP) is 2.29. The Labute approximate surface area is 189 Å². The van der Waals surface area contributed by atoms with Gasteiger partial charge in [-0.3, -0.25) is 13.9 Å². The lowest BCUT2D eigenvalue weighted by atomic mass is 10.1. The number of likely N-dealkylation sites (tertiary alicyclic amines) is 1. The van der Waals surface area contributed by atoms with E-state index in [2.05, 4.69) is 5.32 Å². The molecule has 1 fully saturated rings. The van der Waals surface area contributed by atoms with E-state index in [9.17, 15) is 18.0 Å². The first kappa shape index (κ1) is 23.6. The summed E-state index contributed by atoms with van der Waals surface area (Å²) in [6, 6.07) is 14.3. The molecule has 1 aliphatic rings. The summed E-state index contributed by atoms with van der Waals surface area (Å²) < 4.78 is 30.1. The van der Waals surface area contributed by atoms with Crippen molar-refractivity contribution in [2.24, 2.45) is 0 Å². The molecular weight excluding hydrogens is 430 g/mol. The third kappa shape index (κ3) is 6.00. The third-order valence-corrected chi connectivity index (χ3v) is 6.69. The highest BCUT2D eigenvalue weighted by Gasteiger charge is 2.21. The van der Waals surface area contributed by atoms with Gasteiger partial charge in [-0.2, -0.15) is 0 Å². The molecule has 0 saturated carbocycles. The fraction of sp³-hybridized carbons (Fsp3) is 0.391. The number of ether oxygens (including phenoxy) is 1. The van der Waals surface area contributed by atoms with Crippen LogP contribution in [0.5, 0.6) is 5.75 Å². The molecule has 2 aromatic rings. The Balaban J connectivity index is 1.56. The molecule has 0 spiro atoms. The number of anilines is 1. The first-order chi connectivity index (χ1) is 15.1. The lowest BCUT2D eigenvalue weighted by Crippen LogP contribution is -2.36. The summed E-state index contributed by atoms with van der Waals surface area (Å²) >= 11 is 0. The average Bonchev–Trinajstić information content (AvgIpc) is 3.16. The van der Waals surface area contributed by atoms with E-state index in [0.29, 0.717) is 30.9 Å². The molecule has 172 valence electrons. The average molecular weight is 460 g/mol. The van der Waals surface area contributed by atoms with Gasteiger partial charge in [0.2, 0.25) is 15.9 Å². The van der Waals surface area contributed by atoms with Crippen LogP contribution in [0.3, 0.4) is 0 Å². The number of hydrogen-bond acceptors (Lipinski definition) is 5. The molecule has 32 heavy (non-hydrogen) atoms. The molecule has 0 aromatic heterocycles. The van der Waals surface area contributed by atoms with Crippen molar-refractivity contribution in [2.45, 2.75) is 39.0 Å². The van der Waals surface area contributed by atoms with Gasteiger partial charge in [0.25, 0.3) is 5.91 Å². The molecule has 1 heterocycles. The summed E-state index contributed by atoms with van der Waals surface area (Å²) in [7, 11) is -1.88. The summed E-state index contributed by atoms with van der Waals surface area (Å²) in [6.45, 7) is 3.30. The molecule has 0 radical (unpaired) electrons. The number of benzene rings is 2. The maximum atomic E-state index is 12.5. The first-order valence-electron chi connectivity index (χ1n) is 10.5. The third-order valence-electron chi connectivity index (χ3n) is 5.48. The predicted molar refractivity (Wildman–Crippen MR) is 123 cm³/mol. The zero-order valence-electron chi connectivity index (χ0n) is 18.6. The summed E-state index contributed by atoms with van der Waals surface area (Å²) in [5, 5.41) is 2.89. The van der Waals surface area contributed by atoms with E-state index in [-0.39, 0.29) is 11.8 Å². The number of rotatable bonds is 9. The minimum Gasteiger partial charge on any atom is -0.481 e. The number of nitrogens with zero attached hydrogens (tertiary/aromatic N) is 2. The van der Waals surface area contributed by atoms with Crippen molar-refractivity contribution in [3.8, 4) is 5.75 Å². The molecule has 1 N–H and O–H groups in total. The van der Waals surface area contributed by atoms with Gasteiger partial charge in [-0.25, -0.2) is 8.42 Å². The van der Waals surface area contributed by atoms with E-state index in [1.54, 1.807) is 31.2 Å². The van der Waals surface area contributed by atoms with Gasteiger partial charge in [0.1, 0.15) is 5.75 Å². The van der Waals surface area contributed by atoms with Crippen LogP contribution < -0.4 is 14.4 Å². The Morgan fingerprint density at radius 1 is 1.16 bits per heavy atom. The molecule has 0 aliphatic carbocycles. The van der Waals surface area contributed by atoms with Crippen molar-refractivity contribution in [1.29, 1.82) is 0 Å². The van der Waals surface area contributed by atoms with Crippen molar-refractivity contribution in [3.63, 3.8) is 0 Å². The van der Waals surface area contributed by atoms with Crippen molar-refractivity contribution in [1.82, 2.24) is 10.2 Å². The second-order valence-electron chi connectivity index (χ2n) is 7.89. The zero-order chi connectivity index (χ0) is 23.3. The minimum atomic E-state index is -3.35. The van der Waals surface area contributed by atoms with Gasteiger partial charge in [-0.15, -0.1) is 0 Å². The number of nitrogens with one attached hydrogen (secondary N) is 1. The molecule has 9 heteroatoms. The highest BCUT2D eigenvalue weighted by Crippen LogP contribution is 2.21. The van der Waals surface area contributed by atoms with Crippen LogP contribution in [0, 0.1) is 0 Å². The Bertz CT molecular complexity index is 1070. The van der Waals surface area contributed by atoms with Gasteiger partial charge >= 0.3 is 0 Å². The van der Waals surface area contributed by atoms with E-state index in [1.807, 2.05) is 29.2 Å². The number of carbonyl (C=O) groups is 2. The Kier molecular flexibility index (Phi) is 7.40. The molecule has 3 rings (SSSR count). The first-order valence-corrected chi connectivity index (χ1v) is 12.3. The van der Waals surface area contributed by atoms with Crippen LogP contribution in [0.1, 0.15) is 30.9 Å². The quantitative estimate of drug-likeness (QED) is 0.621. The van der Waals surface area contributed by atoms with Crippen LogP contribution in [0.4, 0.5) is 5.69 Å². The van der Waals surface area contributed by atoms with E-state index in [0.717, 1.165) is 30.3 Å². The van der Waals surface area contributed by atoms with E-state index >= 15 is 0 Å². The molecule has 1 saturated heterocycles. The Hall–Kier alpha value is -3.07. The zero-order valence-corrected chi connectivity index (χ0v) is 19.4. The van der Waals surface area contributed by atoms with Crippen molar-refractivity contribution < 1.29 is 22.7 Å². The van der Waals surface area contributed by atoms with Gasteiger partial charge in [0.15, 0.2) is 6.10 Å². The van der Waals surface area contributed by atoms with Gasteiger partial charge in [-0.05, 0) is 48.7 Å². The number of carbonyl (C=O) groups excluding carboxylic acids is 2. The molecule has 0 bridgehead atoms. The van der Waals surface area contributed by atoms with E-state index in [1.165, 1.54) is 11.4 Å². The lowest BCUT2D eigenvalue weighted by Gasteiger charge is -2.20. The maximum Gasteiger partial charge on any atom is 0.261 e. The number of amides is 2. The Morgan fingerprint density at radius 2 is 1.81 bits per heavy atom. The normalized spacial score (nSPS) is 14.8. The Morgan fingerprint density at radius 3 is 2.41 bits per heavy atom. The summed E-state index contributed by atoms with van der Waals surface area (Å²) in [5.74, 6) is 0.361.